The fourth-order valence-electron chi connectivity index (χ4n) is 2.49. The Kier molecular flexibility index (Phi) is 4.68. The van der Waals surface area contributed by atoms with Gasteiger partial charge in [-0.3, -0.25) is 9.97 Å². The van der Waals surface area contributed by atoms with Crippen molar-refractivity contribution in [2.45, 2.75) is 39.2 Å². The minimum absolute atomic E-state index is 0.0897. The van der Waals surface area contributed by atoms with Gasteiger partial charge in [-0.1, -0.05) is 20.8 Å². The van der Waals surface area contributed by atoms with Crippen molar-refractivity contribution < 1.29 is 5.11 Å². The Bertz CT molecular complexity index is 832. The number of aliphatic hydroxyl groups excluding tert-OH is 1. The maximum absolute atomic E-state index is 10.6. The van der Waals surface area contributed by atoms with Crippen LogP contribution in [0.5, 0.6) is 0 Å². The van der Waals surface area contributed by atoms with E-state index < -0.39 is 6.10 Å². The quantitative estimate of drug-likeness (QED) is 0.792. The van der Waals surface area contributed by atoms with E-state index >= 15 is 0 Å². The van der Waals surface area contributed by atoms with Crippen molar-refractivity contribution in [1.82, 2.24) is 19.7 Å². The number of hydrogen-bond donors (Lipinski definition) is 1. The highest BCUT2D eigenvalue weighted by atomic mass is 16.3. The molecule has 129 valence electrons. The summed E-state index contributed by atoms with van der Waals surface area (Å²) in [6.45, 7) is 8.32. The second kappa shape index (κ2) is 6.76. The third kappa shape index (κ3) is 3.94. The predicted molar refractivity (Wildman–Crippen MR) is 97.4 cm³/mol. The van der Waals surface area contributed by atoms with Gasteiger partial charge in [-0.2, -0.15) is 5.10 Å². The maximum atomic E-state index is 10.6. The van der Waals surface area contributed by atoms with Gasteiger partial charge < -0.3 is 5.11 Å². The predicted octanol–water partition coefficient (Wildman–Crippen LogP) is 3.55. The molecule has 0 aliphatic heterocycles. The van der Waals surface area contributed by atoms with Crippen LogP contribution in [0.2, 0.25) is 0 Å². The van der Waals surface area contributed by atoms with Crippen molar-refractivity contribution >= 4 is 0 Å². The lowest BCUT2D eigenvalue weighted by molar-refractivity contribution is 0.214. The Hall–Kier alpha value is -2.53. The second-order valence-corrected chi connectivity index (χ2v) is 7.17. The number of nitrogens with zero attached hydrogens (tertiary/aromatic N) is 4. The summed E-state index contributed by atoms with van der Waals surface area (Å²) in [6, 6.07) is 9.57. The zero-order valence-corrected chi connectivity index (χ0v) is 15.0. The first-order chi connectivity index (χ1) is 11.8. The average Bonchev–Trinajstić information content (AvgIpc) is 3.00. The normalized spacial score (nSPS) is 13.0. The van der Waals surface area contributed by atoms with Gasteiger partial charge in [-0.25, -0.2) is 4.68 Å². The molecule has 1 unspecified atom stereocenters. The number of aliphatic hydroxyl groups is 1. The molecule has 1 atom stereocenters. The lowest BCUT2D eigenvalue weighted by Crippen LogP contribution is -2.12. The second-order valence-electron chi connectivity index (χ2n) is 7.17. The van der Waals surface area contributed by atoms with E-state index in [-0.39, 0.29) is 5.41 Å². The minimum Gasteiger partial charge on any atom is -0.388 e. The van der Waals surface area contributed by atoms with Crippen molar-refractivity contribution in [3.05, 3.63) is 78.0 Å². The summed E-state index contributed by atoms with van der Waals surface area (Å²) < 4.78 is 1.83. The summed E-state index contributed by atoms with van der Waals surface area (Å²) in [4.78, 5) is 8.35. The largest absolute Gasteiger partial charge is 0.388 e. The van der Waals surface area contributed by atoms with Crippen LogP contribution in [0.4, 0.5) is 0 Å². The van der Waals surface area contributed by atoms with Crippen LogP contribution in [-0.4, -0.2) is 24.9 Å². The van der Waals surface area contributed by atoms with Gasteiger partial charge >= 0.3 is 0 Å². The van der Waals surface area contributed by atoms with E-state index in [9.17, 15) is 5.11 Å². The Morgan fingerprint density at radius 1 is 1.12 bits per heavy atom. The van der Waals surface area contributed by atoms with Crippen molar-refractivity contribution in [2.75, 3.05) is 0 Å². The molecule has 3 rings (SSSR count). The van der Waals surface area contributed by atoms with Crippen LogP contribution in [0, 0.1) is 13.3 Å². The van der Waals surface area contributed by atoms with Crippen molar-refractivity contribution in [2.24, 2.45) is 0 Å². The number of aryl methyl sites for hydroxylation is 1. The lowest BCUT2D eigenvalue weighted by Gasteiger charge is -2.14. The smallest absolute Gasteiger partial charge is 0.0882 e. The number of rotatable bonds is 4. The molecular formula is C20H23N4O. The molecule has 5 nitrogen and oxygen atoms in total. The van der Waals surface area contributed by atoms with Crippen LogP contribution in [0.25, 0.3) is 5.69 Å². The van der Waals surface area contributed by atoms with Crippen LogP contribution in [0.3, 0.4) is 0 Å². The molecule has 25 heavy (non-hydrogen) atoms. The first kappa shape index (κ1) is 17.3. The van der Waals surface area contributed by atoms with Gasteiger partial charge in [0.2, 0.25) is 0 Å². The Labute approximate surface area is 148 Å². The van der Waals surface area contributed by atoms with Gasteiger partial charge in [0.05, 0.1) is 29.4 Å². The standard InChI is InChI=1S/C20H23N4O/c1-14-5-6-16(13-22-14)24-17(12-19(23-24)20(2,3)4)11-18(25)15-7-9-21-10-8-15/h5-13,18,25H,1-4H3. The van der Waals surface area contributed by atoms with Gasteiger partial charge in [-0.05, 0) is 42.8 Å². The van der Waals surface area contributed by atoms with E-state index in [2.05, 4.69) is 30.7 Å². The van der Waals surface area contributed by atoms with Gasteiger partial charge in [0, 0.05) is 29.9 Å². The van der Waals surface area contributed by atoms with Crippen LogP contribution >= 0.6 is 0 Å². The van der Waals surface area contributed by atoms with Gasteiger partial charge in [-0.15, -0.1) is 0 Å². The Morgan fingerprint density at radius 2 is 1.84 bits per heavy atom. The van der Waals surface area contributed by atoms with E-state index in [1.54, 1.807) is 37.1 Å². The van der Waals surface area contributed by atoms with E-state index in [1.807, 2.05) is 29.8 Å². The van der Waals surface area contributed by atoms with Crippen LogP contribution in [0.1, 0.15) is 49.5 Å². The summed E-state index contributed by atoms with van der Waals surface area (Å²) in [5.41, 5.74) is 4.32. The highest BCUT2D eigenvalue weighted by molar-refractivity contribution is 5.37. The molecule has 0 spiro atoms. The molecule has 0 bridgehead atoms. The third-order valence-corrected chi connectivity index (χ3v) is 4.02. The molecular weight excluding hydrogens is 312 g/mol. The SMILES string of the molecule is Cc1ccc(-n2nc(C(C)(C)C)cc2[CH]C(O)c2ccncc2)cn1. The van der Waals surface area contributed by atoms with Crippen LogP contribution < -0.4 is 0 Å². The molecule has 0 saturated carbocycles. The van der Waals surface area contributed by atoms with Gasteiger partial charge in [0.1, 0.15) is 0 Å². The minimum atomic E-state index is -0.732. The van der Waals surface area contributed by atoms with E-state index in [1.165, 1.54) is 0 Å². The summed E-state index contributed by atoms with van der Waals surface area (Å²) in [7, 11) is 0. The molecule has 1 N–H and O–H groups in total. The maximum Gasteiger partial charge on any atom is 0.0882 e. The van der Waals surface area contributed by atoms with Crippen molar-refractivity contribution in [1.29, 1.82) is 0 Å². The number of pyridine rings is 2. The fourth-order valence-corrected chi connectivity index (χ4v) is 2.49. The number of hydrogen-bond acceptors (Lipinski definition) is 4. The van der Waals surface area contributed by atoms with E-state index in [0.717, 1.165) is 28.3 Å². The zero-order chi connectivity index (χ0) is 18.0. The highest BCUT2D eigenvalue weighted by Gasteiger charge is 2.22. The molecule has 0 aliphatic carbocycles. The molecule has 0 fully saturated rings. The molecule has 0 saturated heterocycles. The third-order valence-electron chi connectivity index (χ3n) is 4.02. The molecule has 5 heteroatoms. The van der Waals surface area contributed by atoms with E-state index in [4.69, 9.17) is 5.10 Å². The van der Waals surface area contributed by atoms with Crippen LogP contribution in [-0.2, 0) is 5.41 Å². The first-order valence-corrected chi connectivity index (χ1v) is 8.31. The van der Waals surface area contributed by atoms with Gasteiger partial charge in [0.15, 0.2) is 0 Å². The van der Waals surface area contributed by atoms with Crippen LogP contribution in [0.15, 0.2) is 48.9 Å². The summed E-state index contributed by atoms with van der Waals surface area (Å²) in [5, 5.41) is 15.3. The molecule has 0 amide bonds. The molecule has 0 aliphatic rings. The monoisotopic (exact) mass is 335 g/mol. The number of aromatic nitrogens is 4. The topological polar surface area (TPSA) is 63.8 Å². The van der Waals surface area contributed by atoms with E-state index in [0.29, 0.717) is 0 Å². The molecule has 0 aromatic carbocycles. The average molecular weight is 335 g/mol. The lowest BCUT2D eigenvalue weighted by atomic mass is 9.92. The molecule has 3 heterocycles. The molecule has 1 radical (unpaired) electrons. The first-order valence-electron chi connectivity index (χ1n) is 8.31. The summed E-state index contributed by atoms with van der Waals surface area (Å²) in [6.07, 6.45) is 6.22. The zero-order valence-electron chi connectivity index (χ0n) is 15.0. The highest BCUT2D eigenvalue weighted by Crippen LogP contribution is 2.27. The Balaban J connectivity index is 1.99. The summed E-state index contributed by atoms with van der Waals surface area (Å²) in [5.74, 6) is 0. The molecule has 3 aromatic heterocycles. The summed E-state index contributed by atoms with van der Waals surface area (Å²) >= 11 is 0. The fraction of sp³-hybridized carbons (Fsp3) is 0.300. The van der Waals surface area contributed by atoms with Crippen molar-refractivity contribution in [3.8, 4) is 5.69 Å². The van der Waals surface area contributed by atoms with Gasteiger partial charge in [0.25, 0.3) is 0 Å². The van der Waals surface area contributed by atoms with Crippen molar-refractivity contribution in [3.63, 3.8) is 0 Å². The molecule has 3 aromatic rings. The Morgan fingerprint density at radius 3 is 2.44 bits per heavy atom.